The average Bonchev–Trinajstić information content (AvgIpc) is 3.24. The highest BCUT2D eigenvalue weighted by atomic mass is 19.1. The second-order valence-corrected chi connectivity index (χ2v) is 7.26. The summed E-state index contributed by atoms with van der Waals surface area (Å²) in [5.41, 5.74) is 1.70. The molecule has 0 aromatic heterocycles. The van der Waals surface area contributed by atoms with Crippen LogP contribution in [0.1, 0.15) is 37.8 Å². The molecule has 1 saturated carbocycles. The molecule has 128 valence electrons. The minimum absolute atomic E-state index is 0.108. The molecule has 1 fully saturated rings. The van der Waals surface area contributed by atoms with Crippen molar-refractivity contribution < 1.29 is 9.18 Å². The van der Waals surface area contributed by atoms with Crippen molar-refractivity contribution in [3.63, 3.8) is 0 Å². The Morgan fingerprint density at radius 3 is 2.52 bits per heavy atom. The third kappa shape index (κ3) is 4.44. The van der Waals surface area contributed by atoms with Gasteiger partial charge in [-0.15, -0.1) is 0 Å². The Bertz CT molecular complexity index is 569. The molecule has 1 aromatic carbocycles. The second-order valence-electron chi connectivity index (χ2n) is 7.26. The van der Waals surface area contributed by atoms with Crippen LogP contribution in [0.5, 0.6) is 0 Å². The summed E-state index contributed by atoms with van der Waals surface area (Å²) in [4.78, 5) is 15.9. The molecule has 0 bridgehead atoms. The maximum absolute atomic E-state index is 14.0. The first kappa shape index (κ1) is 17.7. The van der Waals surface area contributed by atoms with Crippen molar-refractivity contribution in [3.05, 3.63) is 35.1 Å². The number of hydrogen-bond acceptors (Lipinski definition) is 2. The normalized spacial score (nSPS) is 17.0. The summed E-state index contributed by atoms with van der Waals surface area (Å²) in [6, 6.07) is 5.26. The first-order valence-electron chi connectivity index (χ1n) is 8.15. The van der Waals surface area contributed by atoms with Crippen molar-refractivity contribution in [1.29, 1.82) is 0 Å². The Kier molecular flexibility index (Phi) is 5.30. The number of nitrogens with one attached hydrogen (secondary N) is 1. The molecule has 4 nitrogen and oxygen atoms in total. The largest absolute Gasteiger partial charge is 0.334 e. The zero-order valence-corrected chi connectivity index (χ0v) is 14.8. The smallest absolute Gasteiger partial charge is 0.317 e. The average molecular weight is 321 g/mol. The van der Waals surface area contributed by atoms with Crippen molar-refractivity contribution in [3.8, 4) is 0 Å². The van der Waals surface area contributed by atoms with Crippen molar-refractivity contribution in [2.24, 2.45) is 5.41 Å². The SMILES string of the molecule is CC(N(C)C(=O)NCc1ccc(CN(C)C)c(F)c1)C1(C)CC1. The second kappa shape index (κ2) is 6.87. The van der Waals surface area contributed by atoms with Gasteiger partial charge in [0.15, 0.2) is 0 Å². The molecule has 0 spiro atoms. The maximum atomic E-state index is 14.0. The van der Waals surface area contributed by atoms with Gasteiger partial charge in [-0.2, -0.15) is 0 Å². The number of carbonyl (C=O) groups is 1. The summed E-state index contributed by atoms with van der Waals surface area (Å²) in [7, 11) is 5.64. The molecule has 5 heteroatoms. The summed E-state index contributed by atoms with van der Waals surface area (Å²) in [5.74, 6) is -0.224. The third-order valence-electron chi connectivity index (χ3n) is 5.00. The third-order valence-corrected chi connectivity index (χ3v) is 5.00. The van der Waals surface area contributed by atoms with Gasteiger partial charge in [0.2, 0.25) is 0 Å². The van der Waals surface area contributed by atoms with Gasteiger partial charge in [-0.1, -0.05) is 19.1 Å². The van der Waals surface area contributed by atoms with Gasteiger partial charge in [0.05, 0.1) is 0 Å². The van der Waals surface area contributed by atoms with E-state index in [1.807, 2.05) is 32.1 Å². The summed E-state index contributed by atoms with van der Waals surface area (Å²) in [6.45, 7) is 5.20. The molecule has 1 aromatic rings. The van der Waals surface area contributed by atoms with Gasteiger partial charge in [-0.05, 0) is 50.9 Å². The van der Waals surface area contributed by atoms with Gasteiger partial charge in [0, 0.05) is 31.7 Å². The molecule has 2 rings (SSSR count). The zero-order valence-electron chi connectivity index (χ0n) is 14.8. The fourth-order valence-electron chi connectivity index (χ4n) is 2.73. The van der Waals surface area contributed by atoms with Crippen LogP contribution in [0.25, 0.3) is 0 Å². The van der Waals surface area contributed by atoms with E-state index in [2.05, 4.69) is 19.2 Å². The van der Waals surface area contributed by atoms with E-state index in [-0.39, 0.29) is 23.3 Å². The van der Waals surface area contributed by atoms with E-state index in [4.69, 9.17) is 0 Å². The molecule has 1 N–H and O–H groups in total. The first-order chi connectivity index (χ1) is 10.7. The number of hydrogen-bond donors (Lipinski definition) is 1. The molecule has 0 radical (unpaired) electrons. The summed E-state index contributed by atoms with van der Waals surface area (Å²) >= 11 is 0. The van der Waals surface area contributed by atoms with Crippen molar-refractivity contribution >= 4 is 6.03 Å². The highest BCUT2D eigenvalue weighted by molar-refractivity contribution is 5.74. The van der Waals surface area contributed by atoms with Gasteiger partial charge in [-0.3, -0.25) is 0 Å². The van der Waals surface area contributed by atoms with E-state index in [1.54, 1.807) is 11.0 Å². The minimum Gasteiger partial charge on any atom is -0.334 e. The Morgan fingerprint density at radius 2 is 2.00 bits per heavy atom. The van der Waals surface area contributed by atoms with E-state index in [0.717, 1.165) is 5.56 Å². The van der Waals surface area contributed by atoms with Crippen LogP contribution >= 0.6 is 0 Å². The van der Waals surface area contributed by atoms with E-state index >= 15 is 0 Å². The predicted molar refractivity (Wildman–Crippen MR) is 90.6 cm³/mol. The monoisotopic (exact) mass is 321 g/mol. The molecular weight excluding hydrogens is 293 g/mol. The summed E-state index contributed by atoms with van der Waals surface area (Å²) in [5, 5.41) is 2.88. The lowest BCUT2D eigenvalue weighted by Crippen LogP contribution is -2.45. The van der Waals surface area contributed by atoms with Crippen molar-refractivity contribution in [2.75, 3.05) is 21.1 Å². The number of carbonyl (C=O) groups excluding carboxylic acids is 1. The maximum Gasteiger partial charge on any atom is 0.317 e. The van der Waals surface area contributed by atoms with E-state index in [9.17, 15) is 9.18 Å². The molecule has 2 amide bonds. The number of halogens is 1. The van der Waals surface area contributed by atoms with Crippen LogP contribution in [0.3, 0.4) is 0 Å². The first-order valence-corrected chi connectivity index (χ1v) is 8.15. The quantitative estimate of drug-likeness (QED) is 0.873. The Hall–Kier alpha value is -1.62. The van der Waals surface area contributed by atoms with Gasteiger partial charge >= 0.3 is 6.03 Å². The van der Waals surface area contributed by atoms with Crippen LogP contribution in [0.2, 0.25) is 0 Å². The van der Waals surface area contributed by atoms with E-state index in [1.165, 1.54) is 18.9 Å². The molecule has 23 heavy (non-hydrogen) atoms. The van der Waals surface area contributed by atoms with Crippen LogP contribution in [-0.2, 0) is 13.1 Å². The van der Waals surface area contributed by atoms with Gasteiger partial charge < -0.3 is 15.1 Å². The molecule has 1 unspecified atom stereocenters. The lowest BCUT2D eigenvalue weighted by Gasteiger charge is -2.30. The highest BCUT2D eigenvalue weighted by Crippen LogP contribution is 2.49. The number of amides is 2. The van der Waals surface area contributed by atoms with Gasteiger partial charge in [0.1, 0.15) is 5.82 Å². The molecule has 1 aliphatic rings. The number of urea groups is 1. The van der Waals surface area contributed by atoms with Crippen molar-refractivity contribution in [2.45, 2.75) is 45.8 Å². The van der Waals surface area contributed by atoms with Crippen LogP contribution in [-0.4, -0.2) is 43.0 Å². The lowest BCUT2D eigenvalue weighted by atomic mass is 10.00. The zero-order chi connectivity index (χ0) is 17.2. The summed E-state index contributed by atoms with van der Waals surface area (Å²) < 4.78 is 14.0. The molecule has 1 aliphatic carbocycles. The Morgan fingerprint density at radius 1 is 1.35 bits per heavy atom. The van der Waals surface area contributed by atoms with E-state index in [0.29, 0.717) is 18.7 Å². The van der Waals surface area contributed by atoms with Crippen LogP contribution in [0.15, 0.2) is 18.2 Å². The molecule has 0 heterocycles. The van der Waals surface area contributed by atoms with Gasteiger partial charge in [0.25, 0.3) is 0 Å². The van der Waals surface area contributed by atoms with Crippen molar-refractivity contribution in [1.82, 2.24) is 15.1 Å². The minimum atomic E-state index is -0.224. The molecule has 1 atom stereocenters. The van der Waals surface area contributed by atoms with Crippen LogP contribution < -0.4 is 5.32 Å². The highest BCUT2D eigenvalue weighted by Gasteiger charge is 2.45. The number of nitrogens with zero attached hydrogens (tertiary/aromatic N) is 2. The topological polar surface area (TPSA) is 35.6 Å². The predicted octanol–water partition coefficient (Wildman–Crippen LogP) is 3.22. The lowest BCUT2D eigenvalue weighted by molar-refractivity contribution is 0.170. The van der Waals surface area contributed by atoms with Crippen LogP contribution in [0.4, 0.5) is 9.18 Å². The number of rotatable bonds is 6. The standard InChI is InChI=1S/C18H28FN3O/c1-13(18(2)8-9-18)22(5)17(23)20-11-14-6-7-15(12-21(3)4)16(19)10-14/h6-7,10,13H,8-9,11-12H2,1-5H3,(H,20,23). The Balaban J connectivity index is 1.90. The van der Waals surface area contributed by atoms with Crippen LogP contribution in [0, 0.1) is 11.2 Å². The molecule has 0 saturated heterocycles. The van der Waals surface area contributed by atoms with Gasteiger partial charge in [-0.25, -0.2) is 9.18 Å². The Labute approximate surface area is 138 Å². The number of benzene rings is 1. The summed E-state index contributed by atoms with van der Waals surface area (Å²) in [6.07, 6.45) is 2.34. The molecule has 0 aliphatic heterocycles. The fourth-order valence-corrected chi connectivity index (χ4v) is 2.73. The molecular formula is C18H28FN3O. The van der Waals surface area contributed by atoms with E-state index < -0.39 is 0 Å². The fraction of sp³-hybridized carbons (Fsp3) is 0.611.